The number of hydrogen-bond donors (Lipinski definition) is 0. The molecule has 0 saturated carbocycles. The smallest absolute Gasteiger partial charge is 0.185 e. The second kappa shape index (κ2) is 8.88. The highest BCUT2D eigenvalue weighted by atomic mass is 79.9. The fourth-order valence-corrected chi connectivity index (χ4v) is 2.81. The molecule has 0 amide bonds. The summed E-state index contributed by atoms with van der Waals surface area (Å²) in [6.45, 7) is 0. The molecular weight excluding hydrogens is 454 g/mol. The summed E-state index contributed by atoms with van der Waals surface area (Å²) in [5, 5.41) is 0. The van der Waals surface area contributed by atoms with Crippen molar-refractivity contribution >= 4 is 55.6 Å². The van der Waals surface area contributed by atoms with E-state index in [0.29, 0.717) is 5.56 Å². The number of nitrogens with zero attached hydrogens (tertiary/aromatic N) is 1. The highest BCUT2D eigenvalue weighted by Crippen LogP contribution is 2.17. The fourth-order valence-electron chi connectivity index (χ4n) is 2.28. The Labute approximate surface area is 169 Å². The van der Waals surface area contributed by atoms with E-state index in [1.807, 2.05) is 66.7 Å². The molecule has 4 heteroatoms. The van der Waals surface area contributed by atoms with Crippen molar-refractivity contribution in [1.29, 1.82) is 0 Å². The van der Waals surface area contributed by atoms with Crippen LogP contribution in [0.1, 0.15) is 21.5 Å². The lowest BCUT2D eigenvalue weighted by Crippen LogP contribution is -1.93. The number of halogens is 2. The summed E-state index contributed by atoms with van der Waals surface area (Å²) in [5.74, 6) is -0.0476. The number of ketones is 1. The summed E-state index contributed by atoms with van der Waals surface area (Å²) >= 11 is 6.81. The van der Waals surface area contributed by atoms with Crippen molar-refractivity contribution in [3.63, 3.8) is 0 Å². The summed E-state index contributed by atoms with van der Waals surface area (Å²) < 4.78 is 2.04. The molecule has 3 aromatic carbocycles. The molecule has 3 rings (SSSR count). The van der Waals surface area contributed by atoms with E-state index in [9.17, 15) is 4.79 Å². The van der Waals surface area contributed by atoms with Gasteiger partial charge in [0.25, 0.3) is 0 Å². The number of benzene rings is 3. The van der Waals surface area contributed by atoms with Crippen LogP contribution in [0, 0.1) is 0 Å². The van der Waals surface area contributed by atoms with Crippen molar-refractivity contribution in [2.45, 2.75) is 0 Å². The quantitative estimate of drug-likeness (QED) is 0.228. The van der Waals surface area contributed by atoms with Crippen molar-refractivity contribution in [2.24, 2.45) is 4.99 Å². The highest BCUT2D eigenvalue weighted by Gasteiger charge is 2.02. The normalized spacial score (nSPS) is 11.3. The van der Waals surface area contributed by atoms with Crippen LogP contribution in [0.3, 0.4) is 0 Å². The molecule has 0 atom stereocenters. The van der Waals surface area contributed by atoms with Crippen LogP contribution in [0.15, 0.2) is 92.8 Å². The second-order valence-corrected chi connectivity index (χ2v) is 7.44. The first-order valence-corrected chi connectivity index (χ1v) is 9.56. The van der Waals surface area contributed by atoms with Gasteiger partial charge in [-0.1, -0.05) is 74.3 Å². The maximum atomic E-state index is 12.4. The fraction of sp³-hybridized carbons (Fsp3) is 0. The maximum Gasteiger partial charge on any atom is 0.185 e. The van der Waals surface area contributed by atoms with E-state index in [1.54, 1.807) is 24.4 Å². The summed E-state index contributed by atoms with van der Waals surface area (Å²) in [5.41, 5.74) is 3.34. The van der Waals surface area contributed by atoms with E-state index in [1.165, 1.54) is 0 Å². The molecule has 0 aliphatic heterocycles. The monoisotopic (exact) mass is 467 g/mol. The Morgan fingerprint density at radius 1 is 0.808 bits per heavy atom. The number of carbonyl (C=O) groups excluding carboxylic acids is 1. The Bertz CT molecular complexity index is 958. The molecule has 128 valence electrons. The van der Waals surface area contributed by atoms with Gasteiger partial charge in [-0.05, 0) is 53.6 Å². The molecule has 0 saturated heterocycles. The van der Waals surface area contributed by atoms with Crippen LogP contribution in [0.2, 0.25) is 0 Å². The van der Waals surface area contributed by atoms with Gasteiger partial charge in [0.15, 0.2) is 5.78 Å². The van der Waals surface area contributed by atoms with Gasteiger partial charge in [-0.25, -0.2) is 0 Å². The Morgan fingerprint density at radius 3 is 2.08 bits per heavy atom. The second-order valence-electron chi connectivity index (χ2n) is 5.61. The number of carbonyl (C=O) groups is 1. The lowest BCUT2D eigenvalue weighted by Gasteiger charge is -1.99. The first-order chi connectivity index (χ1) is 12.6. The van der Waals surface area contributed by atoms with Crippen LogP contribution < -0.4 is 0 Å². The first-order valence-electron chi connectivity index (χ1n) is 7.98. The molecule has 26 heavy (non-hydrogen) atoms. The SMILES string of the molecule is O=C(C=Cc1ccc(Br)cc1)c1cccc(N=Cc2ccc(Br)cc2)c1. The standard InChI is InChI=1S/C22H15Br2NO/c23-19-9-4-16(5-10-19)8-13-22(26)18-2-1-3-21(14-18)25-15-17-6-11-20(24)12-7-17/h1-15H. The molecule has 0 heterocycles. The lowest BCUT2D eigenvalue weighted by molar-refractivity contribution is 0.104. The minimum absolute atomic E-state index is 0.0476. The van der Waals surface area contributed by atoms with Gasteiger partial charge in [0, 0.05) is 20.7 Å². The predicted octanol–water partition coefficient (Wildman–Crippen LogP) is 6.86. The molecule has 0 aromatic heterocycles. The third kappa shape index (κ3) is 5.35. The van der Waals surface area contributed by atoms with Crippen LogP contribution in [0.25, 0.3) is 6.08 Å². The third-order valence-corrected chi connectivity index (χ3v) is 4.72. The largest absolute Gasteiger partial charge is 0.289 e. The van der Waals surface area contributed by atoms with E-state index < -0.39 is 0 Å². The summed E-state index contributed by atoms with van der Waals surface area (Å²) in [6.07, 6.45) is 5.18. The molecule has 0 spiro atoms. The highest BCUT2D eigenvalue weighted by molar-refractivity contribution is 9.10. The van der Waals surface area contributed by atoms with E-state index >= 15 is 0 Å². The third-order valence-electron chi connectivity index (χ3n) is 3.66. The summed E-state index contributed by atoms with van der Waals surface area (Å²) in [7, 11) is 0. The van der Waals surface area contributed by atoms with Gasteiger partial charge in [-0.3, -0.25) is 9.79 Å². The number of hydrogen-bond acceptors (Lipinski definition) is 2. The van der Waals surface area contributed by atoms with Gasteiger partial charge in [-0.2, -0.15) is 0 Å². The zero-order valence-corrected chi connectivity index (χ0v) is 16.9. The van der Waals surface area contributed by atoms with E-state index in [0.717, 1.165) is 25.8 Å². The Balaban J connectivity index is 1.72. The minimum Gasteiger partial charge on any atom is -0.289 e. The van der Waals surface area contributed by atoms with Gasteiger partial charge < -0.3 is 0 Å². The average Bonchev–Trinajstić information content (AvgIpc) is 2.67. The van der Waals surface area contributed by atoms with Crippen molar-refractivity contribution in [3.8, 4) is 0 Å². The van der Waals surface area contributed by atoms with Crippen molar-refractivity contribution < 1.29 is 4.79 Å². The number of rotatable bonds is 5. The molecule has 0 unspecified atom stereocenters. The van der Waals surface area contributed by atoms with Crippen LogP contribution in [-0.2, 0) is 0 Å². The molecule has 3 aromatic rings. The first kappa shape index (κ1) is 18.5. The lowest BCUT2D eigenvalue weighted by atomic mass is 10.1. The molecule has 2 nitrogen and oxygen atoms in total. The van der Waals surface area contributed by atoms with E-state index in [-0.39, 0.29) is 5.78 Å². The van der Waals surface area contributed by atoms with Crippen LogP contribution >= 0.6 is 31.9 Å². The Kier molecular flexibility index (Phi) is 6.31. The van der Waals surface area contributed by atoms with Gasteiger partial charge in [0.05, 0.1) is 5.69 Å². The maximum absolute atomic E-state index is 12.4. The molecule has 0 aliphatic rings. The Hall–Kier alpha value is -2.30. The van der Waals surface area contributed by atoms with Crippen molar-refractivity contribution in [3.05, 3.63) is 105 Å². The molecule has 0 N–H and O–H groups in total. The Morgan fingerprint density at radius 2 is 1.42 bits per heavy atom. The van der Waals surface area contributed by atoms with E-state index in [4.69, 9.17) is 0 Å². The topological polar surface area (TPSA) is 29.4 Å². The van der Waals surface area contributed by atoms with Crippen molar-refractivity contribution in [2.75, 3.05) is 0 Å². The van der Waals surface area contributed by atoms with Crippen LogP contribution in [0.5, 0.6) is 0 Å². The molecule has 0 bridgehead atoms. The molecule has 0 fully saturated rings. The molecule has 0 aliphatic carbocycles. The molecule has 0 radical (unpaired) electrons. The van der Waals surface area contributed by atoms with Gasteiger partial charge in [0.2, 0.25) is 0 Å². The van der Waals surface area contributed by atoms with Gasteiger partial charge >= 0.3 is 0 Å². The van der Waals surface area contributed by atoms with Crippen molar-refractivity contribution in [1.82, 2.24) is 0 Å². The zero-order valence-electron chi connectivity index (χ0n) is 13.8. The number of allylic oxidation sites excluding steroid dienone is 1. The minimum atomic E-state index is -0.0476. The zero-order chi connectivity index (χ0) is 18.4. The van der Waals surface area contributed by atoms with E-state index in [2.05, 4.69) is 36.9 Å². The van der Waals surface area contributed by atoms with Crippen LogP contribution in [-0.4, -0.2) is 12.0 Å². The van der Waals surface area contributed by atoms with Crippen LogP contribution in [0.4, 0.5) is 5.69 Å². The van der Waals surface area contributed by atoms with Gasteiger partial charge in [0.1, 0.15) is 0 Å². The average molecular weight is 469 g/mol. The van der Waals surface area contributed by atoms with Gasteiger partial charge in [-0.15, -0.1) is 0 Å². The number of aliphatic imine (C=N–C) groups is 1. The summed E-state index contributed by atoms with van der Waals surface area (Å²) in [4.78, 5) is 16.9. The molecular formula is C22H15Br2NO. The summed E-state index contributed by atoms with van der Waals surface area (Å²) in [6, 6.07) is 23.0. The predicted molar refractivity (Wildman–Crippen MR) is 115 cm³/mol.